The summed E-state index contributed by atoms with van der Waals surface area (Å²) in [5, 5.41) is 4.37. The molecule has 4 nitrogen and oxygen atoms in total. The first-order chi connectivity index (χ1) is 16.5. The second-order valence-electron chi connectivity index (χ2n) is 9.06. The monoisotopic (exact) mass is 452 g/mol. The van der Waals surface area contributed by atoms with Crippen LogP contribution in [0.5, 0.6) is 0 Å². The van der Waals surface area contributed by atoms with Gasteiger partial charge >= 0.3 is 0 Å². The highest BCUT2D eigenvalue weighted by atomic mass is 16.1. The van der Waals surface area contributed by atoms with E-state index < -0.39 is 6.04 Å². The summed E-state index contributed by atoms with van der Waals surface area (Å²) in [5.41, 5.74) is 5.54. The molecule has 4 heteroatoms. The smallest absolute Gasteiger partial charge is 0.186 e. The van der Waals surface area contributed by atoms with Crippen LogP contribution in [0.3, 0.4) is 0 Å². The normalized spacial score (nSPS) is 13.0. The number of rotatable bonds is 10. The molecule has 4 aromatic rings. The fraction of sp³-hybridized carbons (Fsp3) is 0.267. The number of aromatic amines is 1. The Morgan fingerprint density at radius 2 is 1.68 bits per heavy atom. The molecule has 1 heterocycles. The van der Waals surface area contributed by atoms with E-state index in [0.29, 0.717) is 24.1 Å². The Morgan fingerprint density at radius 3 is 2.38 bits per heavy atom. The number of carbonyl (C=O) groups excluding carboxylic acids is 2. The zero-order valence-electron chi connectivity index (χ0n) is 20.1. The van der Waals surface area contributed by atoms with Gasteiger partial charge in [0.2, 0.25) is 0 Å². The van der Waals surface area contributed by atoms with E-state index in [1.54, 1.807) is 6.20 Å². The largest absolute Gasteiger partial charge is 0.360 e. The third kappa shape index (κ3) is 5.18. The van der Waals surface area contributed by atoms with Gasteiger partial charge in [0.25, 0.3) is 0 Å². The zero-order chi connectivity index (χ0) is 24.1. The number of hydrogen-bond acceptors (Lipinski definition) is 3. The van der Waals surface area contributed by atoms with Gasteiger partial charge in [-0.3, -0.25) is 9.59 Å². The molecule has 0 aliphatic rings. The third-order valence-electron chi connectivity index (χ3n) is 6.42. The number of carbonyl (C=O) groups is 2. The second kappa shape index (κ2) is 10.6. The molecule has 0 radical (unpaired) electrons. The lowest BCUT2D eigenvalue weighted by molar-refractivity contribution is 0.0942. The summed E-state index contributed by atoms with van der Waals surface area (Å²) in [4.78, 5) is 29.3. The van der Waals surface area contributed by atoms with Crippen molar-refractivity contribution in [2.45, 2.75) is 45.6 Å². The van der Waals surface area contributed by atoms with Crippen LogP contribution >= 0.6 is 0 Å². The Kier molecular flexibility index (Phi) is 7.39. The van der Waals surface area contributed by atoms with Gasteiger partial charge in [-0.2, -0.15) is 0 Å². The van der Waals surface area contributed by atoms with Crippen molar-refractivity contribution >= 4 is 22.5 Å². The maximum atomic E-state index is 13.8. The molecule has 174 valence electrons. The second-order valence-corrected chi connectivity index (χ2v) is 9.06. The molecule has 3 aromatic carbocycles. The van der Waals surface area contributed by atoms with E-state index in [2.05, 4.69) is 48.4 Å². The van der Waals surface area contributed by atoms with Gasteiger partial charge in [0.1, 0.15) is 0 Å². The first kappa shape index (κ1) is 23.7. The molecule has 0 aliphatic heterocycles. The first-order valence-electron chi connectivity index (χ1n) is 12.0. The number of benzene rings is 3. The molecule has 0 bridgehead atoms. The lowest BCUT2D eigenvalue weighted by atomic mass is 9.94. The van der Waals surface area contributed by atoms with Crippen molar-refractivity contribution in [2.75, 3.05) is 6.54 Å². The number of H-pyrrole nitrogens is 1. The van der Waals surface area contributed by atoms with Crippen molar-refractivity contribution in [3.63, 3.8) is 0 Å². The zero-order valence-corrected chi connectivity index (χ0v) is 20.1. The van der Waals surface area contributed by atoms with Gasteiger partial charge in [-0.05, 0) is 36.5 Å². The fourth-order valence-corrected chi connectivity index (χ4v) is 4.35. The molecular weight excluding hydrogens is 420 g/mol. The van der Waals surface area contributed by atoms with Crippen LogP contribution in [0.4, 0.5) is 0 Å². The van der Waals surface area contributed by atoms with Gasteiger partial charge < -0.3 is 10.3 Å². The Morgan fingerprint density at radius 1 is 0.941 bits per heavy atom. The van der Waals surface area contributed by atoms with Crippen LogP contribution in [0.15, 0.2) is 79.0 Å². The summed E-state index contributed by atoms with van der Waals surface area (Å²) >= 11 is 0. The molecule has 0 saturated heterocycles. The van der Waals surface area contributed by atoms with Gasteiger partial charge in [-0.1, -0.05) is 86.1 Å². The van der Waals surface area contributed by atoms with Crippen molar-refractivity contribution < 1.29 is 9.59 Å². The summed E-state index contributed by atoms with van der Waals surface area (Å²) in [6, 6.07) is 23.5. The lowest BCUT2D eigenvalue weighted by Gasteiger charge is -2.21. The molecule has 2 N–H and O–H groups in total. The maximum Gasteiger partial charge on any atom is 0.186 e. The molecule has 34 heavy (non-hydrogen) atoms. The standard InChI is InChI=1S/C30H32N2O2/c1-4-8-28(33)24-15-16-25-26(19-31-27(25)17-24)30(34)29(23-9-6-5-7-10-23)32-18-21(3)22-13-11-20(2)12-14-22/h5-7,9-17,19,21,29,31-32H,4,8,18H2,1-3H3/t21-,29+/m0/s1. The average molecular weight is 453 g/mol. The van der Waals surface area contributed by atoms with Crippen molar-refractivity contribution in [3.8, 4) is 0 Å². The highest BCUT2D eigenvalue weighted by molar-refractivity contribution is 6.11. The average Bonchev–Trinajstić information content (AvgIpc) is 3.28. The number of nitrogens with one attached hydrogen (secondary N) is 2. The van der Waals surface area contributed by atoms with Crippen molar-refractivity contribution in [2.24, 2.45) is 0 Å². The van der Waals surface area contributed by atoms with E-state index in [1.807, 2.05) is 55.5 Å². The Hall–Kier alpha value is -3.50. The minimum absolute atomic E-state index is 0.0150. The van der Waals surface area contributed by atoms with Crippen molar-refractivity contribution in [1.82, 2.24) is 10.3 Å². The number of fused-ring (bicyclic) bond motifs is 1. The van der Waals surface area contributed by atoms with Crippen LogP contribution in [0.1, 0.15) is 76.1 Å². The maximum absolute atomic E-state index is 13.8. The van der Waals surface area contributed by atoms with Crippen LogP contribution in [0.25, 0.3) is 10.9 Å². The van der Waals surface area contributed by atoms with Crippen LogP contribution in [0, 0.1) is 6.92 Å². The number of aromatic nitrogens is 1. The van der Waals surface area contributed by atoms with E-state index in [4.69, 9.17) is 0 Å². The van der Waals surface area contributed by atoms with E-state index >= 15 is 0 Å². The molecule has 1 aromatic heterocycles. The van der Waals surface area contributed by atoms with Crippen LogP contribution < -0.4 is 5.32 Å². The quantitative estimate of drug-likeness (QED) is 0.261. The molecule has 0 spiro atoms. The number of Topliss-reactive ketones (excluding diaryl/α,β-unsaturated/α-hetero) is 2. The summed E-state index contributed by atoms with van der Waals surface area (Å²) in [6.45, 7) is 6.93. The molecular formula is C30H32N2O2. The topological polar surface area (TPSA) is 62.0 Å². The van der Waals surface area contributed by atoms with Gasteiger partial charge in [-0.15, -0.1) is 0 Å². The van der Waals surface area contributed by atoms with Gasteiger partial charge in [0.05, 0.1) is 6.04 Å². The highest BCUT2D eigenvalue weighted by Crippen LogP contribution is 2.27. The molecule has 4 rings (SSSR count). The van der Waals surface area contributed by atoms with Crippen LogP contribution in [-0.2, 0) is 0 Å². The SMILES string of the molecule is CCCC(=O)c1ccc2c(C(=O)[C@H](NC[C@H](C)c3ccc(C)cc3)c3ccccc3)c[nH]c2c1. The molecule has 0 saturated carbocycles. The molecule has 0 amide bonds. The minimum atomic E-state index is -0.463. The van der Waals surface area contributed by atoms with Crippen molar-refractivity contribution in [1.29, 1.82) is 0 Å². The predicted octanol–water partition coefficient (Wildman–Crippen LogP) is 6.78. The van der Waals surface area contributed by atoms with Crippen molar-refractivity contribution in [3.05, 3.63) is 107 Å². The number of ketones is 2. The number of aryl methyl sites for hydroxylation is 1. The molecule has 0 unspecified atom stereocenters. The number of hydrogen-bond donors (Lipinski definition) is 2. The highest BCUT2D eigenvalue weighted by Gasteiger charge is 2.25. The summed E-state index contributed by atoms with van der Waals surface area (Å²) in [5.74, 6) is 0.400. The Balaban J connectivity index is 1.60. The van der Waals surface area contributed by atoms with Crippen LogP contribution in [0.2, 0.25) is 0 Å². The van der Waals surface area contributed by atoms with Gasteiger partial charge in [-0.25, -0.2) is 0 Å². The first-order valence-corrected chi connectivity index (χ1v) is 12.0. The summed E-state index contributed by atoms with van der Waals surface area (Å²) in [6.07, 6.45) is 3.11. The van der Waals surface area contributed by atoms with E-state index in [0.717, 1.165) is 22.9 Å². The van der Waals surface area contributed by atoms with Gasteiger partial charge in [0.15, 0.2) is 11.6 Å². The van der Waals surface area contributed by atoms with E-state index in [-0.39, 0.29) is 17.5 Å². The molecule has 2 atom stereocenters. The van der Waals surface area contributed by atoms with Crippen LogP contribution in [-0.4, -0.2) is 23.1 Å². The van der Waals surface area contributed by atoms with Gasteiger partial charge in [0, 0.05) is 41.2 Å². The lowest BCUT2D eigenvalue weighted by Crippen LogP contribution is -2.31. The molecule has 0 aliphatic carbocycles. The summed E-state index contributed by atoms with van der Waals surface area (Å²) < 4.78 is 0. The summed E-state index contributed by atoms with van der Waals surface area (Å²) in [7, 11) is 0. The Labute approximate surface area is 201 Å². The molecule has 0 fully saturated rings. The van der Waals surface area contributed by atoms with E-state index in [1.165, 1.54) is 11.1 Å². The predicted molar refractivity (Wildman–Crippen MR) is 139 cm³/mol. The minimum Gasteiger partial charge on any atom is -0.360 e. The third-order valence-corrected chi connectivity index (χ3v) is 6.42. The Bertz CT molecular complexity index is 1270. The fourth-order valence-electron chi connectivity index (χ4n) is 4.35. The van der Waals surface area contributed by atoms with E-state index in [9.17, 15) is 9.59 Å².